The normalized spacial score (nSPS) is 11.2. The molecule has 3 heterocycles. The number of pyridine rings is 1. The molecule has 0 saturated heterocycles. The van der Waals surface area contributed by atoms with Crippen molar-refractivity contribution in [2.24, 2.45) is 0 Å². The summed E-state index contributed by atoms with van der Waals surface area (Å²) in [4.78, 5) is 16.9. The van der Waals surface area contributed by atoms with Gasteiger partial charge in [-0.15, -0.1) is 5.10 Å². The number of benzene rings is 1. The quantitative estimate of drug-likeness (QED) is 0.508. The van der Waals surface area contributed by atoms with Gasteiger partial charge in [0.2, 0.25) is 5.16 Å². The summed E-state index contributed by atoms with van der Waals surface area (Å²) in [6.07, 6.45) is 1.75. The Bertz CT molecular complexity index is 1200. The molecule has 0 N–H and O–H groups in total. The number of tetrazole rings is 1. The molecule has 4 rings (SSSR count). The predicted molar refractivity (Wildman–Crippen MR) is 104 cm³/mol. The molecule has 0 unspecified atom stereocenters. The fourth-order valence-electron chi connectivity index (χ4n) is 2.93. The SMILES string of the molecule is Cc1ccc(-n2nnnc2SCc2cc(=O)n3ccc(C)cc3n2)c(C)c1. The van der Waals surface area contributed by atoms with Gasteiger partial charge in [0.25, 0.3) is 5.56 Å². The molecule has 0 amide bonds. The molecule has 0 fully saturated rings. The molecule has 27 heavy (non-hydrogen) atoms. The van der Waals surface area contributed by atoms with Crippen LogP contribution in [0.2, 0.25) is 0 Å². The van der Waals surface area contributed by atoms with Gasteiger partial charge in [0, 0.05) is 18.0 Å². The van der Waals surface area contributed by atoms with Gasteiger partial charge in [0.15, 0.2) is 0 Å². The number of rotatable bonds is 4. The highest BCUT2D eigenvalue weighted by Crippen LogP contribution is 2.23. The van der Waals surface area contributed by atoms with Gasteiger partial charge in [-0.1, -0.05) is 29.5 Å². The van der Waals surface area contributed by atoms with Crippen LogP contribution in [-0.2, 0) is 5.75 Å². The summed E-state index contributed by atoms with van der Waals surface area (Å²) in [5.74, 6) is 0.505. The third kappa shape index (κ3) is 3.48. The Hall–Kier alpha value is -3.00. The van der Waals surface area contributed by atoms with Crippen LogP contribution in [0.4, 0.5) is 0 Å². The topological polar surface area (TPSA) is 78.0 Å². The molecule has 0 aliphatic rings. The van der Waals surface area contributed by atoms with E-state index in [1.807, 2.05) is 38.1 Å². The summed E-state index contributed by atoms with van der Waals surface area (Å²) in [5, 5.41) is 12.7. The Kier molecular flexibility index (Phi) is 4.49. The molecular weight excluding hydrogens is 360 g/mol. The molecule has 3 aromatic heterocycles. The van der Waals surface area contributed by atoms with Gasteiger partial charge in [0.1, 0.15) is 5.65 Å². The number of fused-ring (bicyclic) bond motifs is 1. The summed E-state index contributed by atoms with van der Waals surface area (Å²) in [6.45, 7) is 6.07. The van der Waals surface area contributed by atoms with Gasteiger partial charge in [0.05, 0.1) is 11.4 Å². The maximum atomic E-state index is 12.3. The van der Waals surface area contributed by atoms with Crippen molar-refractivity contribution in [3.63, 3.8) is 0 Å². The number of aryl methyl sites for hydroxylation is 3. The van der Waals surface area contributed by atoms with E-state index in [0.717, 1.165) is 16.8 Å². The van der Waals surface area contributed by atoms with Crippen LogP contribution in [0.5, 0.6) is 0 Å². The molecule has 0 atom stereocenters. The fraction of sp³-hybridized carbons (Fsp3) is 0.211. The molecule has 0 bridgehead atoms. The van der Waals surface area contributed by atoms with E-state index in [-0.39, 0.29) is 5.56 Å². The predicted octanol–water partition coefficient (Wildman–Crippen LogP) is 2.89. The van der Waals surface area contributed by atoms with Crippen molar-refractivity contribution in [1.29, 1.82) is 0 Å². The molecule has 0 radical (unpaired) electrons. The van der Waals surface area contributed by atoms with Crippen molar-refractivity contribution < 1.29 is 0 Å². The van der Waals surface area contributed by atoms with Crippen molar-refractivity contribution in [1.82, 2.24) is 29.6 Å². The first-order valence-electron chi connectivity index (χ1n) is 8.49. The summed E-state index contributed by atoms with van der Waals surface area (Å²) < 4.78 is 3.26. The Labute approximate surface area is 160 Å². The minimum Gasteiger partial charge on any atom is -0.269 e. The Balaban J connectivity index is 1.63. The first-order valence-corrected chi connectivity index (χ1v) is 9.47. The average Bonchev–Trinajstić information content (AvgIpc) is 3.08. The monoisotopic (exact) mass is 378 g/mol. The molecular formula is C19H18N6OS. The van der Waals surface area contributed by atoms with Crippen LogP contribution in [0.1, 0.15) is 22.4 Å². The van der Waals surface area contributed by atoms with E-state index >= 15 is 0 Å². The van der Waals surface area contributed by atoms with Crippen LogP contribution in [0.25, 0.3) is 11.3 Å². The van der Waals surface area contributed by atoms with Crippen molar-refractivity contribution in [2.45, 2.75) is 31.7 Å². The van der Waals surface area contributed by atoms with Crippen molar-refractivity contribution in [3.05, 3.63) is 75.3 Å². The fourth-order valence-corrected chi connectivity index (χ4v) is 3.71. The number of thioether (sulfide) groups is 1. The zero-order valence-electron chi connectivity index (χ0n) is 15.2. The van der Waals surface area contributed by atoms with Gasteiger partial charge in [-0.2, -0.15) is 4.68 Å². The van der Waals surface area contributed by atoms with E-state index in [4.69, 9.17) is 0 Å². The van der Waals surface area contributed by atoms with E-state index in [1.165, 1.54) is 17.3 Å². The van der Waals surface area contributed by atoms with Crippen LogP contribution < -0.4 is 5.56 Å². The van der Waals surface area contributed by atoms with E-state index < -0.39 is 0 Å². The molecule has 0 aliphatic carbocycles. The first kappa shape index (κ1) is 17.4. The largest absolute Gasteiger partial charge is 0.269 e. The van der Waals surface area contributed by atoms with E-state index in [1.54, 1.807) is 21.3 Å². The van der Waals surface area contributed by atoms with Gasteiger partial charge in [-0.25, -0.2) is 4.98 Å². The molecule has 0 aliphatic heterocycles. The van der Waals surface area contributed by atoms with Crippen molar-refractivity contribution in [3.8, 4) is 5.69 Å². The lowest BCUT2D eigenvalue weighted by molar-refractivity contribution is 0.751. The van der Waals surface area contributed by atoms with E-state index in [2.05, 4.69) is 33.5 Å². The van der Waals surface area contributed by atoms with Crippen molar-refractivity contribution >= 4 is 17.4 Å². The number of aromatic nitrogens is 6. The summed E-state index contributed by atoms with van der Waals surface area (Å²) >= 11 is 1.45. The lowest BCUT2D eigenvalue weighted by Crippen LogP contribution is -2.15. The lowest BCUT2D eigenvalue weighted by Gasteiger charge is -2.08. The number of hydrogen-bond donors (Lipinski definition) is 0. The highest BCUT2D eigenvalue weighted by molar-refractivity contribution is 7.98. The lowest BCUT2D eigenvalue weighted by atomic mass is 10.1. The van der Waals surface area contributed by atoms with E-state index in [9.17, 15) is 4.79 Å². The van der Waals surface area contributed by atoms with Crippen LogP contribution in [-0.4, -0.2) is 29.6 Å². The van der Waals surface area contributed by atoms with Gasteiger partial charge in [-0.05, 0) is 60.5 Å². The Morgan fingerprint density at radius 3 is 2.67 bits per heavy atom. The average molecular weight is 378 g/mol. The third-order valence-electron chi connectivity index (χ3n) is 4.25. The van der Waals surface area contributed by atoms with Gasteiger partial charge < -0.3 is 0 Å². The molecule has 0 spiro atoms. The Morgan fingerprint density at radius 2 is 1.85 bits per heavy atom. The number of hydrogen-bond acceptors (Lipinski definition) is 6. The molecule has 4 aromatic rings. The maximum Gasteiger partial charge on any atom is 0.258 e. The smallest absolute Gasteiger partial charge is 0.258 e. The number of nitrogens with zero attached hydrogens (tertiary/aromatic N) is 6. The minimum absolute atomic E-state index is 0.0930. The minimum atomic E-state index is -0.0930. The van der Waals surface area contributed by atoms with Gasteiger partial charge in [-0.3, -0.25) is 9.20 Å². The zero-order chi connectivity index (χ0) is 19.0. The van der Waals surface area contributed by atoms with Crippen LogP contribution >= 0.6 is 11.8 Å². The summed E-state index contributed by atoms with van der Waals surface area (Å²) in [7, 11) is 0. The second kappa shape index (κ2) is 6.96. The maximum absolute atomic E-state index is 12.3. The molecule has 0 saturated carbocycles. The first-order chi connectivity index (χ1) is 13.0. The summed E-state index contributed by atoms with van der Waals surface area (Å²) in [5.41, 5.74) is 5.54. The van der Waals surface area contributed by atoms with Gasteiger partial charge >= 0.3 is 0 Å². The highest BCUT2D eigenvalue weighted by atomic mass is 32.2. The van der Waals surface area contributed by atoms with Crippen LogP contribution in [0.15, 0.2) is 52.5 Å². The Morgan fingerprint density at radius 1 is 1.04 bits per heavy atom. The third-order valence-corrected chi connectivity index (χ3v) is 5.20. The standard InChI is InChI=1S/C19H18N6OS/c1-12-4-5-16(14(3)8-12)25-19(21-22-23-25)27-11-15-10-18(26)24-7-6-13(2)9-17(24)20-15/h4-10H,11H2,1-3H3. The second-order valence-corrected chi connectivity index (χ2v) is 7.41. The van der Waals surface area contributed by atoms with Crippen LogP contribution in [0.3, 0.4) is 0 Å². The van der Waals surface area contributed by atoms with E-state index in [0.29, 0.717) is 22.3 Å². The molecule has 7 nitrogen and oxygen atoms in total. The summed E-state index contributed by atoms with van der Waals surface area (Å²) in [6, 6.07) is 11.5. The van der Waals surface area contributed by atoms with Crippen LogP contribution in [0, 0.1) is 20.8 Å². The van der Waals surface area contributed by atoms with Crippen molar-refractivity contribution in [2.75, 3.05) is 0 Å². The molecule has 136 valence electrons. The highest BCUT2D eigenvalue weighted by Gasteiger charge is 2.12. The zero-order valence-corrected chi connectivity index (χ0v) is 16.1. The molecule has 8 heteroatoms. The molecule has 1 aromatic carbocycles. The second-order valence-electron chi connectivity index (χ2n) is 6.47.